The summed E-state index contributed by atoms with van der Waals surface area (Å²) in [5.41, 5.74) is 2.40. The first-order valence-electron chi connectivity index (χ1n) is 8.88. The average molecular weight is 400 g/mol. The molecule has 3 nitrogen and oxygen atoms in total. The van der Waals surface area contributed by atoms with Crippen molar-refractivity contribution in [1.29, 1.82) is 0 Å². The minimum absolute atomic E-state index is 0.106. The summed E-state index contributed by atoms with van der Waals surface area (Å²) < 4.78 is 0. The minimum atomic E-state index is -0.898. The molecule has 0 aromatic heterocycles. The van der Waals surface area contributed by atoms with Gasteiger partial charge in [0.1, 0.15) is 5.78 Å². The first kappa shape index (κ1) is 18.3. The Kier molecular flexibility index (Phi) is 4.40. The van der Waals surface area contributed by atoms with Gasteiger partial charge in [-0.25, -0.2) is 0 Å². The Morgan fingerprint density at radius 2 is 1.85 bits per heavy atom. The van der Waals surface area contributed by atoms with E-state index in [4.69, 9.17) is 23.2 Å². The Labute approximate surface area is 168 Å². The van der Waals surface area contributed by atoms with Crippen molar-refractivity contribution in [2.75, 3.05) is 5.32 Å². The molecule has 0 saturated heterocycles. The van der Waals surface area contributed by atoms with Gasteiger partial charge >= 0.3 is 0 Å². The molecule has 1 spiro atoms. The number of amides is 1. The zero-order chi connectivity index (χ0) is 19.3. The number of fused-ring (bicyclic) bond motifs is 2. The van der Waals surface area contributed by atoms with Crippen molar-refractivity contribution in [2.45, 2.75) is 31.1 Å². The Hall–Kier alpha value is -2.10. The normalized spacial score (nSPS) is 26.8. The predicted octanol–water partition coefficient (Wildman–Crippen LogP) is 5.52. The van der Waals surface area contributed by atoms with Crippen LogP contribution in [0.2, 0.25) is 10.0 Å². The minimum Gasteiger partial charge on any atom is -0.325 e. The lowest BCUT2D eigenvalue weighted by Gasteiger charge is -2.46. The molecule has 3 atom stereocenters. The van der Waals surface area contributed by atoms with E-state index in [1.165, 1.54) is 0 Å². The third-order valence-corrected chi connectivity index (χ3v) is 6.33. The number of rotatable bonds is 2. The number of hydrogen-bond donors (Lipinski definition) is 1. The molecule has 1 N–H and O–H groups in total. The third-order valence-electron chi connectivity index (χ3n) is 5.86. The molecule has 5 heteroatoms. The Bertz CT molecular complexity index is 984. The van der Waals surface area contributed by atoms with Gasteiger partial charge in [0.05, 0.1) is 5.41 Å². The van der Waals surface area contributed by atoms with Gasteiger partial charge in [-0.3, -0.25) is 9.59 Å². The van der Waals surface area contributed by atoms with Gasteiger partial charge in [-0.2, -0.15) is 0 Å². The lowest BCUT2D eigenvalue weighted by molar-refractivity contribution is -0.130. The highest BCUT2D eigenvalue weighted by molar-refractivity contribution is 6.31. The number of halogens is 2. The van der Waals surface area contributed by atoms with Gasteiger partial charge in [0, 0.05) is 40.4 Å². The summed E-state index contributed by atoms with van der Waals surface area (Å²) in [7, 11) is 0. The van der Waals surface area contributed by atoms with Crippen LogP contribution >= 0.6 is 23.2 Å². The Balaban J connectivity index is 2.01. The summed E-state index contributed by atoms with van der Waals surface area (Å²) in [5, 5.41) is 4.15. The molecule has 138 valence electrons. The fourth-order valence-corrected chi connectivity index (χ4v) is 5.16. The second-order valence-electron chi connectivity index (χ2n) is 7.47. The van der Waals surface area contributed by atoms with Crippen LogP contribution in [-0.4, -0.2) is 11.7 Å². The SMILES string of the molecule is C=C(C)[C@H]1CC(=O)C[C@@H](c2cccc(Cl)c2)[C@]12C(=O)Nc1cc(Cl)ccc12. The van der Waals surface area contributed by atoms with E-state index in [1.807, 2.05) is 31.2 Å². The van der Waals surface area contributed by atoms with Gasteiger partial charge in [-0.05, 0) is 42.3 Å². The van der Waals surface area contributed by atoms with E-state index in [9.17, 15) is 9.59 Å². The summed E-state index contributed by atoms with van der Waals surface area (Å²) in [6.07, 6.45) is 0.599. The number of ketones is 1. The van der Waals surface area contributed by atoms with Crippen LogP contribution in [-0.2, 0) is 15.0 Å². The van der Waals surface area contributed by atoms with Crippen LogP contribution < -0.4 is 5.32 Å². The molecule has 0 bridgehead atoms. The molecule has 1 heterocycles. The van der Waals surface area contributed by atoms with E-state index in [-0.39, 0.29) is 23.5 Å². The van der Waals surface area contributed by atoms with Crippen LogP contribution in [0.1, 0.15) is 36.8 Å². The average Bonchev–Trinajstić information content (AvgIpc) is 2.88. The van der Waals surface area contributed by atoms with Crippen LogP contribution in [0.25, 0.3) is 0 Å². The fraction of sp³-hybridized carbons (Fsp3) is 0.273. The van der Waals surface area contributed by atoms with Crippen LogP contribution in [0.3, 0.4) is 0 Å². The quantitative estimate of drug-likeness (QED) is 0.675. The number of carbonyl (C=O) groups excluding carboxylic acids is 2. The molecule has 2 aliphatic rings. The van der Waals surface area contributed by atoms with Crippen molar-refractivity contribution < 1.29 is 9.59 Å². The van der Waals surface area contributed by atoms with E-state index in [2.05, 4.69) is 11.9 Å². The highest BCUT2D eigenvalue weighted by atomic mass is 35.5. The molecule has 1 aliphatic heterocycles. The molecule has 1 fully saturated rings. The van der Waals surface area contributed by atoms with E-state index in [0.717, 1.165) is 16.7 Å². The fourth-order valence-electron chi connectivity index (χ4n) is 4.79. The van der Waals surface area contributed by atoms with E-state index < -0.39 is 5.41 Å². The molecule has 2 aromatic carbocycles. The second kappa shape index (κ2) is 6.50. The molecule has 27 heavy (non-hydrogen) atoms. The molecular weight excluding hydrogens is 381 g/mol. The van der Waals surface area contributed by atoms with E-state index >= 15 is 0 Å². The van der Waals surface area contributed by atoms with Crippen molar-refractivity contribution in [3.8, 4) is 0 Å². The standard InChI is InChI=1S/C22H19Cl2NO2/c1-12(2)18-10-16(26)11-19(13-4-3-5-14(23)8-13)22(18)17-7-6-15(24)9-20(17)25-21(22)27/h3-9,18-19H,1,10-11H2,2H3,(H,25,27)/t18-,19+,22-/m1/s1. The zero-order valence-corrected chi connectivity index (χ0v) is 16.4. The van der Waals surface area contributed by atoms with Crippen LogP contribution in [0, 0.1) is 5.92 Å². The number of carbonyl (C=O) groups is 2. The molecule has 0 radical (unpaired) electrons. The molecule has 1 saturated carbocycles. The maximum absolute atomic E-state index is 13.5. The summed E-state index contributed by atoms with van der Waals surface area (Å²) in [4.78, 5) is 26.1. The third kappa shape index (κ3) is 2.72. The van der Waals surface area contributed by atoms with Crippen molar-refractivity contribution in [1.82, 2.24) is 0 Å². The largest absolute Gasteiger partial charge is 0.325 e. The summed E-state index contributed by atoms with van der Waals surface area (Å²) >= 11 is 12.4. The highest BCUT2D eigenvalue weighted by Crippen LogP contribution is 2.58. The topological polar surface area (TPSA) is 46.2 Å². The monoisotopic (exact) mass is 399 g/mol. The zero-order valence-electron chi connectivity index (χ0n) is 14.9. The van der Waals surface area contributed by atoms with Crippen molar-refractivity contribution in [3.05, 3.63) is 75.8 Å². The van der Waals surface area contributed by atoms with Gasteiger partial charge in [0.2, 0.25) is 5.91 Å². The maximum atomic E-state index is 13.5. The molecule has 4 rings (SSSR count). The Morgan fingerprint density at radius 3 is 2.56 bits per heavy atom. The van der Waals surface area contributed by atoms with E-state index in [0.29, 0.717) is 28.6 Å². The van der Waals surface area contributed by atoms with Crippen molar-refractivity contribution >= 4 is 40.6 Å². The predicted molar refractivity (Wildman–Crippen MR) is 108 cm³/mol. The first-order valence-corrected chi connectivity index (χ1v) is 9.63. The lowest BCUT2D eigenvalue weighted by Crippen LogP contribution is -2.51. The van der Waals surface area contributed by atoms with E-state index in [1.54, 1.807) is 18.2 Å². The highest BCUT2D eigenvalue weighted by Gasteiger charge is 2.60. The van der Waals surface area contributed by atoms with Gasteiger partial charge in [0.25, 0.3) is 0 Å². The molecule has 1 aliphatic carbocycles. The van der Waals surface area contributed by atoms with Crippen molar-refractivity contribution in [2.24, 2.45) is 5.92 Å². The maximum Gasteiger partial charge on any atom is 0.236 e. The molecule has 1 amide bonds. The number of nitrogens with one attached hydrogen (secondary N) is 1. The molecule has 2 aromatic rings. The van der Waals surface area contributed by atoms with Crippen LogP contribution in [0.5, 0.6) is 0 Å². The van der Waals surface area contributed by atoms with Crippen molar-refractivity contribution in [3.63, 3.8) is 0 Å². The van der Waals surface area contributed by atoms with Gasteiger partial charge in [-0.15, -0.1) is 0 Å². The number of anilines is 1. The first-order chi connectivity index (χ1) is 12.8. The number of allylic oxidation sites excluding steroid dienone is 1. The summed E-state index contributed by atoms with van der Waals surface area (Å²) in [6, 6.07) is 12.9. The van der Waals surface area contributed by atoms with Crippen LogP contribution in [0.4, 0.5) is 5.69 Å². The summed E-state index contributed by atoms with van der Waals surface area (Å²) in [6.45, 7) is 6.01. The van der Waals surface area contributed by atoms with Gasteiger partial charge in [-0.1, -0.05) is 53.6 Å². The van der Waals surface area contributed by atoms with Crippen LogP contribution in [0.15, 0.2) is 54.6 Å². The summed E-state index contributed by atoms with van der Waals surface area (Å²) in [5.74, 6) is -0.578. The molecular formula is C22H19Cl2NO2. The second-order valence-corrected chi connectivity index (χ2v) is 8.34. The number of hydrogen-bond acceptors (Lipinski definition) is 2. The lowest BCUT2D eigenvalue weighted by atomic mass is 9.54. The number of benzene rings is 2. The smallest absolute Gasteiger partial charge is 0.236 e. The number of Topliss-reactive ketones (excluding diaryl/α,β-unsaturated/α-hetero) is 1. The molecule has 0 unspecified atom stereocenters. The Morgan fingerprint density at radius 1 is 1.11 bits per heavy atom. The van der Waals surface area contributed by atoms with Gasteiger partial charge < -0.3 is 5.32 Å². The van der Waals surface area contributed by atoms with Gasteiger partial charge in [0.15, 0.2) is 0 Å².